The third kappa shape index (κ3) is 8.24. The first-order valence-corrected chi connectivity index (χ1v) is 11.2. The Morgan fingerprint density at radius 2 is 1.68 bits per heavy atom. The van der Waals surface area contributed by atoms with Crippen LogP contribution in [0.15, 0.2) is 42.5 Å². The zero-order valence-corrected chi connectivity index (χ0v) is 20.1. The van der Waals surface area contributed by atoms with Crippen LogP contribution in [0.4, 0.5) is 0 Å². The van der Waals surface area contributed by atoms with Gasteiger partial charge in [0.25, 0.3) is 0 Å². The number of benzene rings is 2. The summed E-state index contributed by atoms with van der Waals surface area (Å²) in [4.78, 5) is 27.1. The number of nitrogens with one attached hydrogen (secondary N) is 1. The fraction of sp³-hybridized carbons (Fsp3) is 0.391. The average molecular weight is 486 g/mol. The number of amides is 2. The van der Waals surface area contributed by atoms with Gasteiger partial charge >= 0.3 is 0 Å². The van der Waals surface area contributed by atoms with Crippen LogP contribution in [0.5, 0.6) is 5.75 Å². The second kappa shape index (κ2) is 12.2. The molecule has 1 atom stereocenters. The molecule has 31 heavy (non-hydrogen) atoms. The second-order valence-electron chi connectivity index (χ2n) is 7.52. The number of hydrogen-bond acceptors (Lipinski definition) is 3. The van der Waals surface area contributed by atoms with E-state index in [9.17, 15) is 9.59 Å². The molecule has 0 saturated carbocycles. The zero-order chi connectivity index (χ0) is 23.0. The Balaban J connectivity index is 2.02. The van der Waals surface area contributed by atoms with Crippen molar-refractivity contribution in [3.63, 3.8) is 0 Å². The lowest BCUT2D eigenvalue weighted by molar-refractivity contribution is -0.141. The maximum atomic E-state index is 13.0. The number of halogens is 3. The van der Waals surface area contributed by atoms with E-state index in [1.165, 1.54) is 0 Å². The standard InChI is InChI=1S/C23H27Cl3N2O3/c1-15(2)27-23(30)16(3)28(14-17-6-11-20(25)21(26)13-17)22(29)5-4-12-31-19-9-7-18(24)8-10-19/h6-11,13,15-16H,4-5,12,14H2,1-3H3,(H,27,30)/t16-/m0/s1. The highest BCUT2D eigenvalue weighted by Gasteiger charge is 2.26. The van der Waals surface area contributed by atoms with Gasteiger partial charge in [-0.3, -0.25) is 9.59 Å². The Bertz CT molecular complexity index is 888. The minimum absolute atomic E-state index is 0.0235. The highest BCUT2D eigenvalue weighted by atomic mass is 35.5. The van der Waals surface area contributed by atoms with E-state index < -0.39 is 6.04 Å². The SMILES string of the molecule is CC(C)NC(=O)[C@H](C)N(Cc1ccc(Cl)c(Cl)c1)C(=O)CCCOc1ccc(Cl)cc1. The molecule has 5 nitrogen and oxygen atoms in total. The predicted octanol–water partition coefficient (Wildman–Crippen LogP) is 5.75. The first kappa shape index (κ1) is 25.3. The number of rotatable bonds is 10. The van der Waals surface area contributed by atoms with Crippen molar-refractivity contribution in [3.8, 4) is 5.75 Å². The monoisotopic (exact) mass is 484 g/mol. The van der Waals surface area contributed by atoms with Gasteiger partial charge in [-0.05, 0) is 69.2 Å². The normalized spacial score (nSPS) is 11.8. The molecule has 0 spiro atoms. The van der Waals surface area contributed by atoms with Crippen LogP contribution in [-0.4, -0.2) is 35.4 Å². The summed E-state index contributed by atoms with van der Waals surface area (Å²) in [5.41, 5.74) is 0.796. The molecular weight excluding hydrogens is 459 g/mol. The van der Waals surface area contributed by atoms with Gasteiger partial charge in [-0.2, -0.15) is 0 Å². The molecule has 2 rings (SSSR count). The third-order valence-corrected chi connectivity index (χ3v) is 5.54. The lowest BCUT2D eigenvalue weighted by Crippen LogP contribution is -2.49. The third-order valence-electron chi connectivity index (χ3n) is 4.55. The molecule has 0 aliphatic carbocycles. The Kier molecular flexibility index (Phi) is 9.94. The largest absolute Gasteiger partial charge is 0.494 e. The van der Waals surface area contributed by atoms with Crippen molar-refractivity contribution in [2.24, 2.45) is 0 Å². The Morgan fingerprint density at radius 1 is 1.00 bits per heavy atom. The summed E-state index contributed by atoms with van der Waals surface area (Å²) < 4.78 is 5.66. The molecule has 1 N–H and O–H groups in total. The van der Waals surface area contributed by atoms with Crippen LogP contribution in [0.1, 0.15) is 39.2 Å². The molecule has 0 aliphatic rings. The van der Waals surface area contributed by atoms with E-state index in [0.717, 1.165) is 5.56 Å². The highest BCUT2D eigenvalue weighted by Crippen LogP contribution is 2.24. The van der Waals surface area contributed by atoms with Crippen molar-refractivity contribution in [1.82, 2.24) is 10.2 Å². The Morgan fingerprint density at radius 3 is 2.29 bits per heavy atom. The van der Waals surface area contributed by atoms with Crippen LogP contribution in [0.3, 0.4) is 0 Å². The van der Waals surface area contributed by atoms with E-state index in [1.807, 2.05) is 13.8 Å². The van der Waals surface area contributed by atoms with Crippen molar-refractivity contribution in [1.29, 1.82) is 0 Å². The lowest BCUT2D eigenvalue weighted by atomic mass is 10.1. The topological polar surface area (TPSA) is 58.6 Å². The molecular formula is C23H27Cl3N2O3. The number of nitrogens with zero attached hydrogens (tertiary/aromatic N) is 1. The molecule has 8 heteroatoms. The van der Waals surface area contributed by atoms with Gasteiger partial charge in [-0.1, -0.05) is 40.9 Å². The van der Waals surface area contributed by atoms with Crippen LogP contribution >= 0.6 is 34.8 Å². The molecule has 2 aromatic rings. The molecule has 0 unspecified atom stereocenters. The van der Waals surface area contributed by atoms with Crippen LogP contribution in [-0.2, 0) is 16.1 Å². The molecule has 0 heterocycles. The van der Waals surface area contributed by atoms with Crippen molar-refractivity contribution in [2.45, 2.75) is 52.2 Å². The quantitative estimate of drug-likeness (QED) is 0.436. The Labute approximate surface area is 198 Å². The molecule has 168 valence electrons. The van der Waals surface area contributed by atoms with E-state index >= 15 is 0 Å². The van der Waals surface area contributed by atoms with Crippen LogP contribution in [0.25, 0.3) is 0 Å². The van der Waals surface area contributed by atoms with Gasteiger partial charge in [-0.15, -0.1) is 0 Å². The van der Waals surface area contributed by atoms with E-state index in [1.54, 1.807) is 54.3 Å². The minimum Gasteiger partial charge on any atom is -0.494 e. The van der Waals surface area contributed by atoms with Crippen molar-refractivity contribution in [3.05, 3.63) is 63.1 Å². The number of carbonyl (C=O) groups is 2. The van der Waals surface area contributed by atoms with Gasteiger partial charge in [0, 0.05) is 24.0 Å². The molecule has 0 bridgehead atoms. The minimum atomic E-state index is -0.637. The van der Waals surface area contributed by atoms with Crippen LogP contribution < -0.4 is 10.1 Å². The van der Waals surface area contributed by atoms with E-state index in [-0.39, 0.29) is 30.8 Å². The summed E-state index contributed by atoms with van der Waals surface area (Å²) in [5, 5.41) is 4.34. The fourth-order valence-electron chi connectivity index (χ4n) is 2.91. The number of hydrogen-bond donors (Lipinski definition) is 1. The molecule has 0 aromatic heterocycles. The molecule has 0 radical (unpaired) electrons. The number of ether oxygens (including phenoxy) is 1. The van der Waals surface area contributed by atoms with Gasteiger partial charge in [0.1, 0.15) is 11.8 Å². The lowest BCUT2D eigenvalue weighted by Gasteiger charge is -2.29. The van der Waals surface area contributed by atoms with Gasteiger partial charge in [0.15, 0.2) is 0 Å². The summed E-state index contributed by atoms with van der Waals surface area (Å²) >= 11 is 18.0. The number of carbonyl (C=O) groups excluding carboxylic acids is 2. The summed E-state index contributed by atoms with van der Waals surface area (Å²) in [6.07, 6.45) is 0.756. The van der Waals surface area contributed by atoms with Crippen LogP contribution in [0.2, 0.25) is 15.1 Å². The molecule has 0 aliphatic heterocycles. The first-order valence-electron chi connectivity index (χ1n) is 10.1. The van der Waals surface area contributed by atoms with Crippen LogP contribution in [0, 0.1) is 0 Å². The molecule has 2 aromatic carbocycles. The second-order valence-corrected chi connectivity index (χ2v) is 8.77. The van der Waals surface area contributed by atoms with E-state index in [4.69, 9.17) is 39.5 Å². The average Bonchev–Trinajstić information content (AvgIpc) is 2.72. The van der Waals surface area contributed by atoms with Gasteiger partial charge in [0.2, 0.25) is 11.8 Å². The highest BCUT2D eigenvalue weighted by molar-refractivity contribution is 6.42. The maximum absolute atomic E-state index is 13.0. The summed E-state index contributed by atoms with van der Waals surface area (Å²) in [6, 6.07) is 11.6. The maximum Gasteiger partial charge on any atom is 0.242 e. The van der Waals surface area contributed by atoms with E-state index in [0.29, 0.717) is 33.8 Å². The summed E-state index contributed by atoms with van der Waals surface area (Å²) in [6.45, 7) is 6.10. The molecule has 0 fully saturated rings. The zero-order valence-electron chi connectivity index (χ0n) is 17.8. The van der Waals surface area contributed by atoms with Crippen molar-refractivity contribution < 1.29 is 14.3 Å². The van der Waals surface area contributed by atoms with Gasteiger partial charge in [-0.25, -0.2) is 0 Å². The summed E-state index contributed by atoms with van der Waals surface area (Å²) in [7, 11) is 0. The van der Waals surface area contributed by atoms with Gasteiger partial charge < -0.3 is 15.0 Å². The fourth-order valence-corrected chi connectivity index (χ4v) is 3.36. The van der Waals surface area contributed by atoms with Crippen molar-refractivity contribution >= 4 is 46.6 Å². The molecule has 2 amide bonds. The smallest absolute Gasteiger partial charge is 0.242 e. The first-order chi connectivity index (χ1) is 14.7. The van der Waals surface area contributed by atoms with Crippen molar-refractivity contribution in [2.75, 3.05) is 6.61 Å². The van der Waals surface area contributed by atoms with Gasteiger partial charge in [0.05, 0.1) is 16.7 Å². The summed E-state index contributed by atoms with van der Waals surface area (Å²) in [5.74, 6) is 0.340. The predicted molar refractivity (Wildman–Crippen MR) is 126 cm³/mol. The van der Waals surface area contributed by atoms with E-state index in [2.05, 4.69) is 5.32 Å². The Hall–Kier alpha value is -1.95. The molecule has 0 saturated heterocycles.